The Balaban J connectivity index is 2.32. The molecule has 0 aromatic rings. The third kappa shape index (κ3) is 9.36. The van der Waals surface area contributed by atoms with E-state index in [1.807, 2.05) is 0 Å². The van der Waals surface area contributed by atoms with Crippen LogP contribution >= 0.6 is 0 Å². The van der Waals surface area contributed by atoms with Gasteiger partial charge in [-0.1, -0.05) is 97.6 Å². The van der Waals surface area contributed by atoms with Gasteiger partial charge in [-0.25, -0.2) is 8.42 Å². The Bertz CT molecular complexity index is 604. The SMILES string of the molecule is CCCCCCCCCCCCS(=O)(=O)C(C)CC(=O)C1C(C)C=CCC1(C)C. The van der Waals surface area contributed by atoms with Crippen LogP contribution in [0.4, 0.5) is 0 Å². The summed E-state index contributed by atoms with van der Waals surface area (Å²) < 4.78 is 25.3. The van der Waals surface area contributed by atoms with Crippen LogP contribution in [0.15, 0.2) is 12.2 Å². The van der Waals surface area contributed by atoms with Crippen LogP contribution in [0.5, 0.6) is 0 Å². The van der Waals surface area contributed by atoms with Crippen LogP contribution < -0.4 is 0 Å². The fourth-order valence-corrected chi connectivity index (χ4v) is 6.22. The van der Waals surface area contributed by atoms with Gasteiger partial charge in [0.1, 0.15) is 5.78 Å². The second kappa shape index (κ2) is 12.9. The van der Waals surface area contributed by atoms with E-state index in [0.717, 1.165) is 25.7 Å². The lowest BCUT2D eigenvalue weighted by atomic mass is 9.65. The monoisotopic (exact) mass is 426 g/mol. The summed E-state index contributed by atoms with van der Waals surface area (Å²) in [6, 6.07) is 0. The highest BCUT2D eigenvalue weighted by molar-refractivity contribution is 7.92. The zero-order chi connectivity index (χ0) is 21.9. The normalized spacial score (nSPS) is 22.5. The van der Waals surface area contributed by atoms with Crippen LogP contribution in [0.3, 0.4) is 0 Å². The lowest BCUT2D eigenvalue weighted by Crippen LogP contribution is -2.39. The van der Waals surface area contributed by atoms with E-state index in [0.29, 0.717) is 0 Å². The van der Waals surface area contributed by atoms with E-state index in [2.05, 4.69) is 39.8 Å². The molecule has 0 N–H and O–H groups in total. The van der Waals surface area contributed by atoms with E-state index >= 15 is 0 Å². The van der Waals surface area contributed by atoms with Crippen LogP contribution in [0.1, 0.15) is 112 Å². The minimum Gasteiger partial charge on any atom is -0.299 e. The van der Waals surface area contributed by atoms with Gasteiger partial charge in [0, 0.05) is 12.3 Å². The Morgan fingerprint density at radius 1 is 1.00 bits per heavy atom. The maximum atomic E-state index is 12.9. The van der Waals surface area contributed by atoms with Crippen LogP contribution in [0.2, 0.25) is 0 Å². The summed E-state index contributed by atoms with van der Waals surface area (Å²) in [5, 5.41) is -0.567. The first kappa shape index (κ1) is 26.4. The molecule has 4 heteroatoms. The van der Waals surface area contributed by atoms with Crippen molar-refractivity contribution in [1.82, 2.24) is 0 Å². The number of allylic oxidation sites excluding steroid dienone is 2. The van der Waals surface area contributed by atoms with Gasteiger partial charge in [-0.3, -0.25) is 4.79 Å². The number of carbonyl (C=O) groups is 1. The van der Waals surface area contributed by atoms with Crippen molar-refractivity contribution < 1.29 is 13.2 Å². The highest BCUT2D eigenvalue weighted by Crippen LogP contribution is 2.41. The molecule has 1 rings (SSSR count). The molecule has 0 spiro atoms. The molecule has 1 aliphatic rings. The number of hydrogen-bond donors (Lipinski definition) is 0. The number of ketones is 1. The van der Waals surface area contributed by atoms with Crippen molar-refractivity contribution >= 4 is 15.6 Å². The Morgan fingerprint density at radius 2 is 1.52 bits per heavy atom. The fourth-order valence-electron chi connectivity index (χ4n) is 4.79. The summed E-state index contributed by atoms with van der Waals surface area (Å²) in [6.07, 6.45) is 17.2. The molecule has 29 heavy (non-hydrogen) atoms. The van der Waals surface area contributed by atoms with Crippen molar-refractivity contribution in [3.63, 3.8) is 0 Å². The molecular weight excluding hydrogens is 380 g/mol. The number of hydrogen-bond acceptors (Lipinski definition) is 3. The highest BCUT2D eigenvalue weighted by Gasteiger charge is 2.40. The first-order chi connectivity index (χ1) is 13.6. The molecule has 0 aliphatic heterocycles. The quantitative estimate of drug-likeness (QED) is 0.211. The first-order valence-electron chi connectivity index (χ1n) is 12.0. The predicted molar refractivity (Wildman–Crippen MR) is 125 cm³/mol. The van der Waals surface area contributed by atoms with E-state index in [-0.39, 0.29) is 35.2 Å². The maximum Gasteiger partial charge on any atom is 0.153 e. The molecule has 0 radical (unpaired) electrons. The predicted octanol–water partition coefficient (Wildman–Crippen LogP) is 6.91. The molecule has 0 saturated heterocycles. The van der Waals surface area contributed by atoms with E-state index < -0.39 is 15.1 Å². The highest BCUT2D eigenvalue weighted by atomic mass is 32.2. The van der Waals surface area contributed by atoms with E-state index in [1.165, 1.54) is 44.9 Å². The molecule has 3 nitrogen and oxygen atoms in total. The minimum atomic E-state index is -3.20. The van der Waals surface area contributed by atoms with Crippen LogP contribution in [-0.4, -0.2) is 25.2 Å². The second-order valence-electron chi connectivity index (χ2n) is 9.99. The average molecular weight is 427 g/mol. The fraction of sp³-hybridized carbons (Fsp3) is 0.880. The maximum absolute atomic E-state index is 12.9. The van der Waals surface area contributed by atoms with Gasteiger partial charge in [0.25, 0.3) is 0 Å². The number of rotatable bonds is 15. The van der Waals surface area contributed by atoms with Gasteiger partial charge in [0.2, 0.25) is 0 Å². The smallest absolute Gasteiger partial charge is 0.153 e. The Labute approximate surface area is 181 Å². The molecule has 0 saturated carbocycles. The van der Waals surface area contributed by atoms with Crippen LogP contribution in [0, 0.1) is 17.3 Å². The molecule has 3 atom stereocenters. The summed E-state index contributed by atoms with van der Waals surface area (Å²) in [5.74, 6) is 0.443. The van der Waals surface area contributed by atoms with Crippen LogP contribution in [-0.2, 0) is 14.6 Å². The summed E-state index contributed by atoms with van der Waals surface area (Å²) in [5.41, 5.74) is -0.0920. The summed E-state index contributed by atoms with van der Waals surface area (Å²) in [6.45, 7) is 10.3. The Morgan fingerprint density at radius 3 is 2.03 bits per heavy atom. The van der Waals surface area contributed by atoms with Gasteiger partial charge in [0.05, 0.1) is 11.0 Å². The molecule has 170 valence electrons. The second-order valence-corrected chi connectivity index (χ2v) is 12.5. The van der Waals surface area contributed by atoms with Crippen molar-refractivity contribution in [2.45, 2.75) is 117 Å². The molecule has 0 amide bonds. The van der Waals surface area contributed by atoms with Gasteiger partial charge in [-0.2, -0.15) is 0 Å². The van der Waals surface area contributed by atoms with Gasteiger partial charge in [-0.15, -0.1) is 0 Å². The zero-order valence-corrected chi connectivity index (χ0v) is 20.5. The van der Waals surface area contributed by atoms with Crippen LogP contribution in [0.25, 0.3) is 0 Å². The Kier molecular flexibility index (Phi) is 11.8. The third-order valence-electron chi connectivity index (χ3n) is 6.68. The van der Waals surface area contributed by atoms with Gasteiger partial charge >= 0.3 is 0 Å². The van der Waals surface area contributed by atoms with Crippen molar-refractivity contribution in [3.8, 4) is 0 Å². The number of sulfone groups is 1. The molecule has 0 aromatic carbocycles. The zero-order valence-electron chi connectivity index (χ0n) is 19.7. The van der Waals surface area contributed by atoms with Gasteiger partial charge in [0.15, 0.2) is 9.84 Å². The van der Waals surface area contributed by atoms with E-state index in [1.54, 1.807) is 6.92 Å². The molecule has 0 aromatic heterocycles. The summed E-state index contributed by atoms with van der Waals surface area (Å²) >= 11 is 0. The van der Waals surface area contributed by atoms with E-state index in [4.69, 9.17) is 0 Å². The standard InChI is InChI=1S/C25H46O3S/c1-6-7-8-9-10-11-12-13-14-15-19-29(27,28)22(3)20-23(26)24-21(2)17-16-18-25(24,4)5/h16-17,21-22,24H,6-15,18-20H2,1-5H3. The van der Waals surface area contributed by atoms with Crippen molar-refractivity contribution in [2.24, 2.45) is 17.3 Å². The molecule has 0 heterocycles. The van der Waals surface area contributed by atoms with E-state index in [9.17, 15) is 13.2 Å². The van der Waals surface area contributed by atoms with Crippen molar-refractivity contribution in [2.75, 3.05) is 5.75 Å². The molecule has 0 fully saturated rings. The summed E-state index contributed by atoms with van der Waals surface area (Å²) in [7, 11) is -3.20. The molecule has 0 bridgehead atoms. The largest absolute Gasteiger partial charge is 0.299 e. The lowest BCUT2D eigenvalue weighted by Gasteiger charge is -2.39. The molecule has 3 unspecified atom stereocenters. The van der Waals surface area contributed by atoms with Gasteiger partial charge < -0.3 is 0 Å². The first-order valence-corrected chi connectivity index (χ1v) is 13.7. The van der Waals surface area contributed by atoms with Gasteiger partial charge in [-0.05, 0) is 31.1 Å². The van der Waals surface area contributed by atoms with Crippen molar-refractivity contribution in [3.05, 3.63) is 12.2 Å². The topological polar surface area (TPSA) is 51.2 Å². The number of unbranched alkanes of at least 4 members (excludes halogenated alkanes) is 9. The molecule has 1 aliphatic carbocycles. The Hall–Kier alpha value is -0.640. The molecular formula is C25H46O3S. The minimum absolute atomic E-state index is 0.0810. The average Bonchev–Trinajstić information content (AvgIpc) is 2.62. The third-order valence-corrected chi connectivity index (χ3v) is 8.93. The number of carbonyl (C=O) groups excluding carboxylic acids is 1. The lowest BCUT2D eigenvalue weighted by molar-refractivity contribution is -0.128. The summed E-state index contributed by atoms with van der Waals surface area (Å²) in [4.78, 5) is 12.9. The number of Topliss-reactive ketones (excluding diaryl/α,β-unsaturated/α-hetero) is 1. The van der Waals surface area contributed by atoms with Crippen molar-refractivity contribution in [1.29, 1.82) is 0 Å².